The second-order valence-corrected chi connectivity index (χ2v) is 7.00. The van der Waals surface area contributed by atoms with Crippen LogP contribution in [0, 0.1) is 5.82 Å². The molecule has 2 aromatic carbocycles. The van der Waals surface area contributed by atoms with Gasteiger partial charge in [0.1, 0.15) is 5.82 Å². The zero-order valence-electron chi connectivity index (χ0n) is 11.5. The molecule has 2 rings (SSSR count). The summed E-state index contributed by atoms with van der Waals surface area (Å²) in [6.45, 7) is -0.240. The highest BCUT2D eigenvalue weighted by molar-refractivity contribution is 7.88. The van der Waals surface area contributed by atoms with E-state index in [-0.39, 0.29) is 22.9 Å². The summed E-state index contributed by atoms with van der Waals surface area (Å²) < 4.78 is 39.5. The molecule has 4 nitrogen and oxygen atoms in total. The van der Waals surface area contributed by atoms with Gasteiger partial charge in [-0.05, 0) is 23.3 Å². The van der Waals surface area contributed by atoms with Gasteiger partial charge in [0, 0.05) is 6.54 Å². The standard InChI is InChI=1S/C15H15ClFNO3S/c16-13-7-6-12(8-14(13)17)15(19)9-18-22(20,21)10-11-4-2-1-3-5-11/h1-8,15,18-19H,9-10H2. The zero-order chi connectivity index (χ0) is 16.2. The summed E-state index contributed by atoms with van der Waals surface area (Å²) in [6.07, 6.45) is -1.16. The van der Waals surface area contributed by atoms with Gasteiger partial charge >= 0.3 is 0 Å². The van der Waals surface area contributed by atoms with Gasteiger partial charge in [0.05, 0.1) is 16.9 Å². The van der Waals surface area contributed by atoms with Gasteiger partial charge in [-0.25, -0.2) is 17.5 Å². The lowest BCUT2D eigenvalue weighted by atomic mass is 10.1. The maximum absolute atomic E-state index is 13.3. The topological polar surface area (TPSA) is 66.4 Å². The fourth-order valence-corrected chi connectivity index (χ4v) is 3.15. The first-order valence-corrected chi connectivity index (χ1v) is 8.55. The molecule has 0 aliphatic heterocycles. The predicted octanol–water partition coefficient (Wildman–Crippen LogP) is 2.63. The lowest BCUT2D eigenvalue weighted by Gasteiger charge is -2.13. The molecule has 2 aromatic rings. The van der Waals surface area contributed by atoms with Crippen molar-refractivity contribution in [3.8, 4) is 0 Å². The third-order valence-electron chi connectivity index (χ3n) is 3.02. The summed E-state index contributed by atoms with van der Waals surface area (Å²) in [7, 11) is -3.59. The summed E-state index contributed by atoms with van der Waals surface area (Å²) >= 11 is 5.56. The van der Waals surface area contributed by atoms with E-state index >= 15 is 0 Å². The van der Waals surface area contributed by atoms with Crippen molar-refractivity contribution in [2.75, 3.05) is 6.54 Å². The van der Waals surface area contributed by atoms with Crippen LogP contribution >= 0.6 is 11.6 Å². The molecule has 0 heterocycles. The van der Waals surface area contributed by atoms with Crippen LogP contribution in [0.5, 0.6) is 0 Å². The third kappa shape index (κ3) is 4.78. The van der Waals surface area contributed by atoms with E-state index < -0.39 is 21.9 Å². The van der Waals surface area contributed by atoms with Gasteiger partial charge in [-0.3, -0.25) is 0 Å². The number of sulfonamides is 1. The number of aliphatic hydroxyl groups excluding tert-OH is 1. The lowest BCUT2D eigenvalue weighted by Crippen LogP contribution is -2.29. The molecule has 1 atom stereocenters. The first kappa shape index (κ1) is 16.9. The number of hydrogen-bond donors (Lipinski definition) is 2. The van der Waals surface area contributed by atoms with E-state index in [1.807, 2.05) is 0 Å². The Balaban J connectivity index is 1.97. The molecule has 0 aliphatic carbocycles. The van der Waals surface area contributed by atoms with Crippen molar-refractivity contribution >= 4 is 21.6 Å². The molecular weight excluding hydrogens is 329 g/mol. The van der Waals surface area contributed by atoms with E-state index in [4.69, 9.17) is 11.6 Å². The van der Waals surface area contributed by atoms with E-state index in [9.17, 15) is 17.9 Å². The average Bonchev–Trinajstić information content (AvgIpc) is 2.48. The molecule has 118 valence electrons. The van der Waals surface area contributed by atoms with E-state index in [2.05, 4.69) is 4.72 Å². The molecule has 0 saturated carbocycles. The summed E-state index contributed by atoms with van der Waals surface area (Å²) in [5.41, 5.74) is 0.895. The smallest absolute Gasteiger partial charge is 0.215 e. The van der Waals surface area contributed by atoms with Crippen LogP contribution in [0.4, 0.5) is 4.39 Å². The minimum absolute atomic E-state index is 0.0550. The van der Waals surface area contributed by atoms with E-state index in [1.165, 1.54) is 12.1 Å². The van der Waals surface area contributed by atoms with Crippen LogP contribution in [-0.2, 0) is 15.8 Å². The van der Waals surface area contributed by atoms with Crippen molar-refractivity contribution in [2.45, 2.75) is 11.9 Å². The molecule has 1 unspecified atom stereocenters. The molecule has 0 bridgehead atoms. The normalized spacial score (nSPS) is 13.0. The molecule has 0 aliphatic rings. The maximum atomic E-state index is 13.3. The second kappa shape index (κ2) is 7.19. The SMILES string of the molecule is O=S(=O)(Cc1ccccc1)NCC(O)c1ccc(Cl)c(F)c1. The fourth-order valence-electron chi connectivity index (χ4n) is 1.89. The Morgan fingerprint density at radius 3 is 2.50 bits per heavy atom. The van der Waals surface area contributed by atoms with Crippen LogP contribution in [-0.4, -0.2) is 20.1 Å². The highest BCUT2D eigenvalue weighted by Gasteiger charge is 2.16. The largest absolute Gasteiger partial charge is 0.387 e. The zero-order valence-corrected chi connectivity index (χ0v) is 13.1. The van der Waals surface area contributed by atoms with Crippen LogP contribution in [0.2, 0.25) is 5.02 Å². The molecular formula is C15H15ClFNO3S. The molecule has 22 heavy (non-hydrogen) atoms. The molecule has 7 heteroatoms. The lowest BCUT2D eigenvalue weighted by molar-refractivity contribution is 0.181. The van der Waals surface area contributed by atoms with Crippen molar-refractivity contribution in [3.05, 3.63) is 70.5 Å². The Morgan fingerprint density at radius 2 is 1.86 bits per heavy atom. The van der Waals surface area contributed by atoms with Gasteiger partial charge in [0.25, 0.3) is 0 Å². The van der Waals surface area contributed by atoms with Crippen molar-refractivity contribution in [2.24, 2.45) is 0 Å². The number of halogens is 2. The molecule has 0 saturated heterocycles. The Morgan fingerprint density at radius 1 is 1.18 bits per heavy atom. The first-order valence-electron chi connectivity index (χ1n) is 6.52. The highest BCUT2D eigenvalue weighted by Crippen LogP contribution is 2.20. The van der Waals surface area contributed by atoms with Crippen molar-refractivity contribution in [1.82, 2.24) is 4.72 Å². The molecule has 0 radical (unpaired) electrons. The number of aliphatic hydroxyl groups is 1. The summed E-state index contributed by atoms with van der Waals surface area (Å²) in [5, 5.41) is 9.87. The quantitative estimate of drug-likeness (QED) is 0.847. The number of benzene rings is 2. The Labute approximate surface area is 133 Å². The van der Waals surface area contributed by atoms with Crippen LogP contribution in [0.3, 0.4) is 0 Å². The minimum Gasteiger partial charge on any atom is -0.387 e. The average molecular weight is 344 g/mol. The van der Waals surface area contributed by atoms with Gasteiger partial charge in [-0.15, -0.1) is 0 Å². The predicted molar refractivity (Wildman–Crippen MR) is 83.4 cm³/mol. The van der Waals surface area contributed by atoms with E-state index in [1.54, 1.807) is 30.3 Å². The Bertz CT molecular complexity index is 738. The summed E-state index contributed by atoms with van der Waals surface area (Å²) in [5.74, 6) is -0.847. The van der Waals surface area contributed by atoms with E-state index in [0.29, 0.717) is 5.56 Å². The van der Waals surface area contributed by atoms with Crippen LogP contribution < -0.4 is 4.72 Å². The van der Waals surface area contributed by atoms with Crippen LogP contribution in [0.1, 0.15) is 17.2 Å². The van der Waals surface area contributed by atoms with Crippen molar-refractivity contribution in [1.29, 1.82) is 0 Å². The Kier molecular flexibility index (Phi) is 5.52. The van der Waals surface area contributed by atoms with Crippen molar-refractivity contribution < 1.29 is 17.9 Å². The number of nitrogens with one attached hydrogen (secondary N) is 1. The maximum Gasteiger partial charge on any atom is 0.215 e. The molecule has 0 amide bonds. The summed E-state index contributed by atoms with van der Waals surface area (Å²) in [6, 6.07) is 12.5. The van der Waals surface area contributed by atoms with Crippen LogP contribution in [0.25, 0.3) is 0 Å². The van der Waals surface area contributed by atoms with Gasteiger partial charge in [-0.1, -0.05) is 48.0 Å². The monoisotopic (exact) mass is 343 g/mol. The van der Waals surface area contributed by atoms with Crippen molar-refractivity contribution in [3.63, 3.8) is 0 Å². The third-order valence-corrected chi connectivity index (χ3v) is 4.65. The van der Waals surface area contributed by atoms with Gasteiger partial charge < -0.3 is 5.11 Å². The summed E-state index contributed by atoms with van der Waals surface area (Å²) in [4.78, 5) is 0. The van der Waals surface area contributed by atoms with E-state index in [0.717, 1.165) is 6.07 Å². The molecule has 0 spiro atoms. The molecule has 2 N–H and O–H groups in total. The molecule has 0 fully saturated rings. The first-order chi connectivity index (χ1) is 10.4. The van der Waals surface area contributed by atoms with Gasteiger partial charge in [0.15, 0.2) is 0 Å². The second-order valence-electron chi connectivity index (χ2n) is 4.78. The van der Waals surface area contributed by atoms with Gasteiger partial charge in [-0.2, -0.15) is 0 Å². The Hall–Kier alpha value is -1.47. The highest BCUT2D eigenvalue weighted by atomic mass is 35.5. The fraction of sp³-hybridized carbons (Fsp3) is 0.200. The molecule has 0 aromatic heterocycles. The van der Waals surface area contributed by atoms with Gasteiger partial charge in [0.2, 0.25) is 10.0 Å². The number of rotatable bonds is 6. The minimum atomic E-state index is -3.59. The van der Waals surface area contributed by atoms with Crippen LogP contribution in [0.15, 0.2) is 48.5 Å². The number of hydrogen-bond acceptors (Lipinski definition) is 3.